The highest BCUT2D eigenvalue weighted by molar-refractivity contribution is 5.77. The lowest BCUT2D eigenvalue weighted by Crippen LogP contribution is -2.06. The van der Waals surface area contributed by atoms with E-state index in [1.165, 1.54) is 0 Å². The van der Waals surface area contributed by atoms with Crippen molar-refractivity contribution in [1.82, 2.24) is 0 Å². The molecule has 0 N–H and O–H groups in total. The molecule has 1 aliphatic heterocycles. The lowest BCUT2D eigenvalue weighted by atomic mass is 10.1. The van der Waals surface area contributed by atoms with Gasteiger partial charge in [-0.05, 0) is 12.5 Å². The van der Waals surface area contributed by atoms with E-state index in [0.717, 1.165) is 5.56 Å². The fourth-order valence-corrected chi connectivity index (χ4v) is 1.34. The minimum Gasteiger partial charge on any atom is -0.434 e. The molecule has 2 rings (SSSR count). The van der Waals surface area contributed by atoms with Gasteiger partial charge in [0.15, 0.2) is 6.10 Å². The number of carbonyl (C=O) groups excluding carboxylic acids is 1. The van der Waals surface area contributed by atoms with Crippen LogP contribution >= 0.6 is 0 Å². The number of esters is 1. The molecule has 1 saturated heterocycles. The van der Waals surface area contributed by atoms with Gasteiger partial charge in [0.1, 0.15) is 0 Å². The van der Waals surface area contributed by atoms with Crippen LogP contribution in [0.1, 0.15) is 18.6 Å². The summed E-state index contributed by atoms with van der Waals surface area (Å²) in [7, 11) is 0. The van der Waals surface area contributed by atoms with E-state index in [9.17, 15) is 4.79 Å². The zero-order chi connectivity index (χ0) is 9.26. The standard InChI is InChI=1S/C10H10O3/c1-7-12-9(10(11)13-7)8-5-3-2-4-6-8/h2-7,9H,1H3/t7-,9-/m1/s1. The van der Waals surface area contributed by atoms with Crippen LogP contribution in [0.2, 0.25) is 0 Å². The van der Waals surface area contributed by atoms with E-state index < -0.39 is 12.4 Å². The Kier molecular flexibility index (Phi) is 2.02. The van der Waals surface area contributed by atoms with Crippen LogP contribution in [0.3, 0.4) is 0 Å². The summed E-state index contributed by atoms with van der Waals surface area (Å²) in [6, 6.07) is 9.34. The quantitative estimate of drug-likeness (QED) is 0.613. The molecular weight excluding hydrogens is 168 g/mol. The van der Waals surface area contributed by atoms with Crippen molar-refractivity contribution in [2.24, 2.45) is 0 Å². The van der Waals surface area contributed by atoms with Gasteiger partial charge in [-0.1, -0.05) is 30.3 Å². The molecule has 1 aliphatic rings. The third kappa shape index (κ3) is 1.55. The predicted octanol–water partition coefficient (Wildman–Crippen LogP) is 1.65. The van der Waals surface area contributed by atoms with E-state index in [-0.39, 0.29) is 5.97 Å². The highest BCUT2D eigenvalue weighted by Gasteiger charge is 2.33. The second kappa shape index (κ2) is 3.18. The molecule has 2 atom stereocenters. The number of hydrogen-bond donors (Lipinski definition) is 0. The molecule has 0 unspecified atom stereocenters. The van der Waals surface area contributed by atoms with Gasteiger partial charge in [0.25, 0.3) is 0 Å². The summed E-state index contributed by atoms with van der Waals surface area (Å²) >= 11 is 0. The molecule has 1 fully saturated rings. The molecule has 0 saturated carbocycles. The Morgan fingerprint density at radius 1 is 1.23 bits per heavy atom. The van der Waals surface area contributed by atoms with Crippen LogP contribution in [0.5, 0.6) is 0 Å². The molecule has 0 radical (unpaired) electrons. The molecule has 0 bridgehead atoms. The average Bonchev–Trinajstić information content (AvgIpc) is 2.47. The van der Waals surface area contributed by atoms with Gasteiger partial charge in [-0.25, -0.2) is 4.79 Å². The fourth-order valence-electron chi connectivity index (χ4n) is 1.34. The monoisotopic (exact) mass is 178 g/mol. The Bertz CT molecular complexity index is 307. The molecule has 1 aromatic carbocycles. The highest BCUT2D eigenvalue weighted by Crippen LogP contribution is 2.26. The van der Waals surface area contributed by atoms with Crippen molar-refractivity contribution in [2.75, 3.05) is 0 Å². The average molecular weight is 178 g/mol. The molecule has 3 heteroatoms. The third-order valence-corrected chi connectivity index (χ3v) is 1.93. The lowest BCUT2D eigenvalue weighted by molar-refractivity contribution is -0.142. The van der Waals surface area contributed by atoms with Gasteiger partial charge in [0.05, 0.1) is 0 Å². The van der Waals surface area contributed by atoms with Crippen molar-refractivity contribution in [2.45, 2.75) is 19.3 Å². The molecule has 0 amide bonds. The summed E-state index contributed by atoms with van der Waals surface area (Å²) < 4.78 is 10.2. The van der Waals surface area contributed by atoms with E-state index in [1.54, 1.807) is 6.92 Å². The van der Waals surface area contributed by atoms with Gasteiger partial charge in [0, 0.05) is 0 Å². The van der Waals surface area contributed by atoms with E-state index in [2.05, 4.69) is 0 Å². The molecule has 1 heterocycles. The first kappa shape index (κ1) is 8.26. The first-order chi connectivity index (χ1) is 6.27. The second-order valence-electron chi connectivity index (χ2n) is 2.93. The van der Waals surface area contributed by atoms with Crippen LogP contribution in [0.25, 0.3) is 0 Å². The van der Waals surface area contributed by atoms with Crippen LogP contribution in [0.4, 0.5) is 0 Å². The SMILES string of the molecule is C[C@H]1OC(=O)[C@@H](c2ccccc2)O1. The lowest BCUT2D eigenvalue weighted by Gasteiger charge is -2.04. The van der Waals surface area contributed by atoms with Crippen molar-refractivity contribution in [1.29, 1.82) is 0 Å². The second-order valence-corrected chi connectivity index (χ2v) is 2.93. The van der Waals surface area contributed by atoms with Crippen molar-refractivity contribution < 1.29 is 14.3 Å². The summed E-state index contributed by atoms with van der Waals surface area (Å²) in [5.41, 5.74) is 0.844. The summed E-state index contributed by atoms with van der Waals surface area (Å²) in [4.78, 5) is 11.2. The molecule has 1 aromatic rings. The maximum atomic E-state index is 11.2. The number of hydrogen-bond acceptors (Lipinski definition) is 3. The van der Waals surface area contributed by atoms with E-state index >= 15 is 0 Å². The summed E-state index contributed by atoms with van der Waals surface area (Å²) in [5.74, 6) is -0.307. The van der Waals surface area contributed by atoms with Crippen LogP contribution in [-0.4, -0.2) is 12.3 Å². The van der Waals surface area contributed by atoms with Crippen LogP contribution in [0.15, 0.2) is 30.3 Å². The van der Waals surface area contributed by atoms with Gasteiger partial charge < -0.3 is 9.47 Å². The first-order valence-corrected chi connectivity index (χ1v) is 4.18. The molecule has 0 aromatic heterocycles. The normalized spacial score (nSPS) is 27.3. The van der Waals surface area contributed by atoms with Crippen molar-refractivity contribution in [3.05, 3.63) is 35.9 Å². The fraction of sp³-hybridized carbons (Fsp3) is 0.300. The Labute approximate surface area is 76.3 Å². The maximum absolute atomic E-state index is 11.2. The minimum atomic E-state index is -0.545. The highest BCUT2D eigenvalue weighted by atomic mass is 16.7. The first-order valence-electron chi connectivity index (χ1n) is 4.18. The van der Waals surface area contributed by atoms with Crippen molar-refractivity contribution >= 4 is 5.97 Å². The smallest absolute Gasteiger partial charge is 0.342 e. The molecule has 0 spiro atoms. The van der Waals surface area contributed by atoms with Crippen molar-refractivity contribution in [3.8, 4) is 0 Å². The number of ether oxygens (including phenoxy) is 2. The zero-order valence-corrected chi connectivity index (χ0v) is 7.27. The van der Waals surface area contributed by atoms with Gasteiger partial charge in [0.2, 0.25) is 6.29 Å². The third-order valence-electron chi connectivity index (χ3n) is 1.93. The van der Waals surface area contributed by atoms with Gasteiger partial charge in [-0.3, -0.25) is 0 Å². The summed E-state index contributed by atoms with van der Waals surface area (Å²) in [6.45, 7) is 1.71. The number of cyclic esters (lactones) is 1. The van der Waals surface area contributed by atoms with Gasteiger partial charge in [-0.2, -0.15) is 0 Å². The summed E-state index contributed by atoms with van der Waals surface area (Å²) in [5, 5.41) is 0. The van der Waals surface area contributed by atoms with E-state index in [1.807, 2.05) is 30.3 Å². The Morgan fingerprint density at radius 2 is 1.92 bits per heavy atom. The molecular formula is C10H10O3. The minimum absolute atomic E-state index is 0.307. The topological polar surface area (TPSA) is 35.5 Å². The largest absolute Gasteiger partial charge is 0.434 e. The van der Waals surface area contributed by atoms with Crippen LogP contribution in [-0.2, 0) is 14.3 Å². The molecule has 68 valence electrons. The zero-order valence-electron chi connectivity index (χ0n) is 7.27. The predicted molar refractivity (Wildman–Crippen MR) is 45.8 cm³/mol. The van der Waals surface area contributed by atoms with E-state index in [4.69, 9.17) is 9.47 Å². The summed E-state index contributed by atoms with van der Waals surface area (Å²) in [6.07, 6.45) is -0.978. The Morgan fingerprint density at radius 3 is 2.46 bits per heavy atom. The van der Waals surface area contributed by atoms with Crippen LogP contribution < -0.4 is 0 Å². The molecule has 3 nitrogen and oxygen atoms in total. The number of benzene rings is 1. The van der Waals surface area contributed by atoms with E-state index in [0.29, 0.717) is 0 Å². The molecule has 13 heavy (non-hydrogen) atoms. The van der Waals surface area contributed by atoms with Gasteiger partial charge in [-0.15, -0.1) is 0 Å². The maximum Gasteiger partial charge on any atom is 0.342 e. The Balaban J connectivity index is 2.23. The molecule has 0 aliphatic carbocycles. The van der Waals surface area contributed by atoms with Gasteiger partial charge >= 0.3 is 5.97 Å². The number of rotatable bonds is 1. The Hall–Kier alpha value is -1.35. The van der Waals surface area contributed by atoms with Crippen molar-refractivity contribution in [3.63, 3.8) is 0 Å². The van der Waals surface area contributed by atoms with Crippen LogP contribution in [0, 0.1) is 0 Å². The number of carbonyl (C=O) groups is 1.